The summed E-state index contributed by atoms with van der Waals surface area (Å²) in [6.07, 6.45) is 1.40. The third-order valence-corrected chi connectivity index (χ3v) is 6.49. The van der Waals surface area contributed by atoms with Crippen LogP contribution in [0.25, 0.3) is 33.6 Å². The van der Waals surface area contributed by atoms with Crippen LogP contribution < -0.4 is 10.3 Å². The second kappa shape index (κ2) is 10.4. The number of benzene rings is 3. The van der Waals surface area contributed by atoms with Gasteiger partial charge >= 0.3 is 0 Å². The second-order valence-electron chi connectivity index (χ2n) is 9.35. The molecule has 0 amide bonds. The van der Waals surface area contributed by atoms with Gasteiger partial charge in [-0.25, -0.2) is 4.98 Å². The Hall–Kier alpha value is -5.05. The fraction of sp³-hybridized carbons (Fsp3) is 0.167. The summed E-state index contributed by atoms with van der Waals surface area (Å²) in [5.41, 5.74) is 3.11. The van der Waals surface area contributed by atoms with E-state index in [2.05, 4.69) is 18.9 Å². The first-order valence-electron chi connectivity index (χ1n) is 12.4. The smallest absolute Gasteiger partial charge is 0.282 e. The number of para-hydroxylation sites is 2. The Kier molecular flexibility index (Phi) is 6.81. The molecule has 0 saturated heterocycles. The lowest BCUT2D eigenvalue weighted by Gasteiger charge is -2.17. The zero-order valence-corrected chi connectivity index (χ0v) is 21.9. The van der Waals surface area contributed by atoms with Crippen LogP contribution >= 0.6 is 0 Å². The van der Waals surface area contributed by atoms with E-state index in [0.717, 1.165) is 22.4 Å². The van der Waals surface area contributed by atoms with E-state index in [1.807, 2.05) is 25.1 Å². The van der Waals surface area contributed by atoms with Gasteiger partial charge in [-0.2, -0.15) is 9.78 Å². The second-order valence-corrected chi connectivity index (χ2v) is 9.35. The van der Waals surface area contributed by atoms with E-state index in [1.165, 1.54) is 17.0 Å². The number of nitro groups is 1. The molecule has 2 heterocycles. The number of aryl methyl sites for hydroxylation is 1. The Morgan fingerprint density at radius 3 is 2.54 bits per heavy atom. The van der Waals surface area contributed by atoms with Crippen LogP contribution in [-0.4, -0.2) is 27.9 Å². The summed E-state index contributed by atoms with van der Waals surface area (Å²) in [6, 6.07) is 20.6. The van der Waals surface area contributed by atoms with Crippen molar-refractivity contribution < 1.29 is 14.1 Å². The molecule has 5 aromatic rings. The topological polar surface area (TPSA) is 113 Å². The van der Waals surface area contributed by atoms with Crippen molar-refractivity contribution in [1.82, 2.24) is 9.66 Å². The molecule has 5 rings (SSSR count). The highest BCUT2D eigenvalue weighted by Gasteiger charge is 2.19. The highest BCUT2D eigenvalue weighted by Crippen LogP contribution is 2.34. The van der Waals surface area contributed by atoms with Gasteiger partial charge in [0.1, 0.15) is 17.3 Å². The van der Waals surface area contributed by atoms with Crippen LogP contribution in [0.4, 0.5) is 5.69 Å². The quantitative estimate of drug-likeness (QED) is 0.136. The highest BCUT2D eigenvalue weighted by atomic mass is 16.6. The van der Waals surface area contributed by atoms with Gasteiger partial charge in [-0.1, -0.05) is 38.1 Å². The molecule has 0 atom stereocenters. The van der Waals surface area contributed by atoms with Crippen molar-refractivity contribution in [3.8, 4) is 28.5 Å². The molecule has 0 radical (unpaired) electrons. The predicted molar refractivity (Wildman–Crippen MR) is 151 cm³/mol. The predicted octanol–water partition coefficient (Wildman–Crippen LogP) is 6.55. The van der Waals surface area contributed by atoms with Gasteiger partial charge in [0.25, 0.3) is 11.2 Å². The van der Waals surface area contributed by atoms with Crippen LogP contribution in [0.5, 0.6) is 5.75 Å². The van der Waals surface area contributed by atoms with Crippen molar-refractivity contribution in [3.63, 3.8) is 0 Å². The number of nitrogens with zero attached hydrogens (tertiary/aromatic N) is 4. The number of hydrogen-bond acceptors (Lipinski definition) is 7. The maximum Gasteiger partial charge on any atom is 0.282 e. The van der Waals surface area contributed by atoms with Gasteiger partial charge in [-0.05, 0) is 66.4 Å². The number of hydrogen-bond donors (Lipinski definition) is 0. The maximum atomic E-state index is 13.6. The van der Waals surface area contributed by atoms with Crippen molar-refractivity contribution in [2.75, 3.05) is 7.11 Å². The van der Waals surface area contributed by atoms with E-state index >= 15 is 0 Å². The molecule has 0 unspecified atom stereocenters. The van der Waals surface area contributed by atoms with Gasteiger partial charge in [-0.15, -0.1) is 0 Å². The van der Waals surface area contributed by atoms with Crippen LogP contribution in [0.2, 0.25) is 0 Å². The largest absolute Gasteiger partial charge is 0.496 e. The number of fused-ring (bicyclic) bond motifs is 1. The molecule has 0 aliphatic heterocycles. The fourth-order valence-corrected chi connectivity index (χ4v) is 4.50. The van der Waals surface area contributed by atoms with Gasteiger partial charge in [-0.3, -0.25) is 14.9 Å². The first kappa shape index (κ1) is 25.6. The van der Waals surface area contributed by atoms with E-state index in [1.54, 1.807) is 55.6 Å². The van der Waals surface area contributed by atoms with Gasteiger partial charge in [0, 0.05) is 11.6 Å². The monoisotopic (exact) mass is 522 g/mol. The molecule has 0 bridgehead atoms. The number of ether oxygens (including phenoxy) is 1. The SMILES string of the molecule is COc1cc(C)c(-c2nc3ccccc3c(=O)n2N=Cc2ccc(-c3ccccc3[N+](=O)[O-])o2)cc1C(C)C. The summed E-state index contributed by atoms with van der Waals surface area (Å²) in [4.78, 5) is 29.4. The van der Waals surface area contributed by atoms with E-state index in [-0.39, 0.29) is 17.2 Å². The summed E-state index contributed by atoms with van der Waals surface area (Å²) in [5.74, 6) is 1.96. The summed E-state index contributed by atoms with van der Waals surface area (Å²) >= 11 is 0. The first-order chi connectivity index (χ1) is 18.8. The average molecular weight is 523 g/mol. The lowest BCUT2D eigenvalue weighted by Crippen LogP contribution is -2.20. The van der Waals surface area contributed by atoms with Gasteiger partial charge in [0.2, 0.25) is 0 Å². The van der Waals surface area contributed by atoms with Crippen molar-refractivity contribution in [2.24, 2.45) is 5.10 Å². The molecule has 0 N–H and O–H groups in total. The zero-order valence-electron chi connectivity index (χ0n) is 21.9. The number of nitro benzene ring substituents is 1. The third-order valence-electron chi connectivity index (χ3n) is 6.49. The minimum absolute atomic E-state index is 0.0662. The maximum absolute atomic E-state index is 13.6. The van der Waals surface area contributed by atoms with Crippen LogP contribution in [0.15, 0.2) is 87.1 Å². The number of methoxy groups -OCH3 is 1. The van der Waals surface area contributed by atoms with E-state index in [0.29, 0.717) is 33.8 Å². The number of aromatic nitrogens is 2. The third kappa shape index (κ3) is 4.82. The Bertz CT molecular complexity index is 1800. The zero-order chi connectivity index (χ0) is 27.7. The van der Waals surface area contributed by atoms with Crippen LogP contribution in [0.3, 0.4) is 0 Å². The summed E-state index contributed by atoms with van der Waals surface area (Å²) in [5, 5.41) is 16.4. The minimum atomic E-state index is -0.458. The van der Waals surface area contributed by atoms with Gasteiger partial charge in [0.15, 0.2) is 5.82 Å². The van der Waals surface area contributed by atoms with E-state index in [4.69, 9.17) is 14.1 Å². The number of rotatable bonds is 7. The first-order valence-corrected chi connectivity index (χ1v) is 12.4. The lowest BCUT2D eigenvalue weighted by atomic mass is 9.96. The molecule has 2 aromatic heterocycles. The van der Waals surface area contributed by atoms with Crippen molar-refractivity contribution >= 4 is 22.8 Å². The normalized spacial score (nSPS) is 11.5. The minimum Gasteiger partial charge on any atom is -0.496 e. The molecule has 0 saturated carbocycles. The molecule has 3 aromatic carbocycles. The van der Waals surface area contributed by atoms with Gasteiger partial charge < -0.3 is 9.15 Å². The number of furan rings is 1. The fourth-order valence-electron chi connectivity index (χ4n) is 4.50. The Labute approximate surface area is 224 Å². The standard InChI is InChI=1S/C30H26N4O5/c1-18(2)23-16-24(19(3)15-28(23)38-4)29-32-25-11-7-5-9-21(25)30(35)33(29)31-17-20-13-14-27(39-20)22-10-6-8-12-26(22)34(36)37/h5-18H,1-4H3. The highest BCUT2D eigenvalue weighted by molar-refractivity contribution is 5.82. The average Bonchev–Trinajstić information content (AvgIpc) is 3.41. The van der Waals surface area contributed by atoms with E-state index < -0.39 is 4.92 Å². The molecule has 9 heteroatoms. The summed E-state index contributed by atoms with van der Waals surface area (Å²) in [6.45, 7) is 6.08. The summed E-state index contributed by atoms with van der Waals surface area (Å²) < 4.78 is 12.7. The van der Waals surface area contributed by atoms with Crippen LogP contribution in [0.1, 0.15) is 36.7 Å². The van der Waals surface area contributed by atoms with Gasteiger partial charge in [0.05, 0.1) is 34.7 Å². The molecule has 0 aliphatic carbocycles. The molecule has 0 spiro atoms. The van der Waals surface area contributed by atoms with E-state index in [9.17, 15) is 14.9 Å². The Balaban J connectivity index is 1.65. The van der Waals surface area contributed by atoms with Crippen molar-refractivity contribution in [2.45, 2.75) is 26.7 Å². The molecular weight excluding hydrogens is 496 g/mol. The Morgan fingerprint density at radius 2 is 1.79 bits per heavy atom. The molecule has 39 heavy (non-hydrogen) atoms. The summed E-state index contributed by atoms with van der Waals surface area (Å²) in [7, 11) is 1.64. The lowest BCUT2D eigenvalue weighted by molar-refractivity contribution is -0.384. The molecule has 0 aliphatic rings. The van der Waals surface area contributed by atoms with Crippen LogP contribution in [-0.2, 0) is 0 Å². The van der Waals surface area contributed by atoms with Crippen molar-refractivity contribution in [3.05, 3.63) is 110 Å². The molecular formula is C30H26N4O5. The molecule has 0 fully saturated rings. The molecule has 196 valence electrons. The molecule has 9 nitrogen and oxygen atoms in total. The van der Waals surface area contributed by atoms with Crippen molar-refractivity contribution in [1.29, 1.82) is 0 Å². The Morgan fingerprint density at radius 1 is 1.05 bits per heavy atom. The van der Waals surface area contributed by atoms with Crippen LogP contribution in [0, 0.1) is 17.0 Å².